The van der Waals surface area contributed by atoms with E-state index in [1.54, 1.807) is 12.1 Å². The molecule has 2 saturated heterocycles. The number of amides is 1. The predicted molar refractivity (Wildman–Crippen MR) is 74.6 cm³/mol. The normalized spacial score (nSPS) is 26.3. The van der Waals surface area contributed by atoms with Crippen molar-refractivity contribution in [2.24, 2.45) is 0 Å². The summed E-state index contributed by atoms with van der Waals surface area (Å²) in [4.78, 5) is 14.3. The van der Waals surface area contributed by atoms with Crippen LogP contribution in [0.2, 0.25) is 0 Å². The van der Waals surface area contributed by atoms with E-state index < -0.39 is 0 Å². The molecular weight excluding hydrogens is 311 g/mol. The first-order valence-corrected chi connectivity index (χ1v) is 7.43. The van der Waals surface area contributed by atoms with Gasteiger partial charge in [-0.2, -0.15) is 0 Å². The Morgan fingerprint density at radius 2 is 2.11 bits per heavy atom. The maximum atomic E-state index is 13.5. The van der Waals surface area contributed by atoms with Crippen molar-refractivity contribution in [3.8, 4) is 0 Å². The molecule has 1 amide bonds. The summed E-state index contributed by atoms with van der Waals surface area (Å²) in [6.07, 6.45) is 3.32. The first kappa shape index (κ1) is 13.1. The Kier molecular flexibility index (Phi) is 3.58. The highest BCUT2D eigenvalue weighted by atomic mass is 79.9. The Balaban J connectivity index is 1.77. The number of halogens is 2. The van der Waals surface area contributed by atoms with Crippen molar-refractivity contribution in [1.29, 1.82) is 0 Å². The summed E-state index contributed by atoms with van der Waals surface area (Å²) < 4.78 is 13.9. The van der Waals surface area contributed by atoms with Crippen molar-refractivity contribution in [2.75, 3.05) is 13.1 Å². The highest BCUT2D eigenvalue weighted by Gasteiger charge is 2.31. The van der Waals surface area contributed by atoms with Crippen LogP contribution >= 0.6 is 15.9 Å². The number of carbonyl (C=O) groups is 1. The summed E-state index contributed by atoms with van der Waals surface area (Å²) in [5, 5.41) is 3.53. The molecule has 0 aromatic heterocycles. The van der Waals surface area contributed by atoms with E-state index in [-0.39, 0.29) is 11.7 Å². The smallest absolute Gasteiger partial charge is 0.254 e. The molecule has 3 rings (SSSR count). The summed E-state index contributed by atoms with van der Waals surface area (Å²) in [6.45, 7) is 1.48. The van der Waals surface area contributed by atoms with E-state index in [1.807, 2.05) is 4.90 Å². The van der Waals surface area contributed by atoms with E-state index in [4.69, 9.17) is 0 Å². The molecule has 102 valence electrons. The predicted octanol–water partition coefficient (Wildman–Crippen LogP) is 2.55. The second kappa shape index (κ2) is 5.21. The molecule has 0 aliphatic carbocycles. The highest BCUT2D eigenvalue weighted by molar-refractivity contribution is 9.10. The number of benzene rings is 1. The minimum atomic E-state index is -0.389. The van der Waals surface area contributed by atoms with Gasteiger partial charge in [-0.05, 0) is 53.4 Å². The number of nitrogens with one attached hydrogen (secondary N) is 1. The van der Waals surface area contributed by atoms with Crippen LogP contribution < -0.4 is 5.32 Å². The topological polar surface area (TPSA) is 32.3 Å². The summed E-state index contributed by atoms with van der Waals surface area (Å²) in [6, 6.07) is 5.51. The molecule has 2 bridgehead atoms. The average Bonchev–Trinajstić information content (AvgIpc) is 2.72. The summed E-state index contributed by atoms with van der Waals surface area (Å²) in [5.41, 5.74) is 0.429. The lowest BCUT2D eigenvalue weighted by molar-refractivity contribution is 0.0747. The molecular formula is C14H16BrFN2O. The van der Waals surface area contributed by atoms with Crippen molar-refractivity contribution >= 4 is 21.8 Å². The Hall–Kier alpha value is -0.940. The molecule has 0 spiro atoms. The van der Waals surface area contributed by atoms with Crippen molar-refractivity contribution in [1.82, 2.24) is 10.2 Å². The van der Waals surface area contributed by atoms with Gasteiger partial charge in [-0.1, -0.05) is 0 Å². The maximum Gasteiger partial charge on any atom is 0.254 e. The van der Waals surface area contributed by atoms with E-state index in [9.17, 15) is 9.18 Å². The summed E-state index contributed by atoms with van der Waals surface area (Å²) >= 11 is 3.10. The van der Waals surface area contributed by atoms with Crippen LogP contribution in [0.1, 0.15) is 29.6 Å². The zero-order chi connectivity index (χ0) is 13.4. The monoisotopic (exact) mass is 326 g/mol. The van der Waals surface area contributed by atoms with Crippen LogP contribution in [0.15, 0.2) is 22.7 Å². The summed E-state index contributed by atoms with van der Waals surface area (Å²) in [7, 11) is 0. The van der Waals surface area contributed by atoms with E-state index in [0.29, 0.717) is 22.1 Å². The van der Waals surface area contributed by atoms with Crippen LogP contribution in [-0.2, 0) is 0 Å². The second-order valence-electron chi connectivity index (χ2n) is 5.31. The number of carbonyl (C=O) groups excluding carboxylic acids is 1. The van der Waals surface area contributed by atoms with Crippen molar-refractivity contribution in [3.63, 3.8) is 0 Å². The molecule has 1 aromatic carbocycles. The van der Waals surface area contributed by atoms with Crippen molar-refractivity contribution < 1.29 is 9.18 Å². The number of hydrogen-bond acceptors (Lipinski definition) is 2. The van der Waals surface area contributed by atoms with E-state index in [1.165, 1.54) is 12.5 Å². The quantitative estimate of drug-likeness (QED) is 0.860. The molecule has 1 aromatic rings. The number of likely N-dealkylation sites (tertiary alicyclic amines) is 1. The largest absolute Gasteiger partial charge is 0.337 e. The second-order valence-corrected chi connectivity index (χ2v) is 6.16. The van der Waals surface area contributed by atoms with Gasteiger partial charge in [-0.3, -0.25) is 4.79 Å². The minimum absolute atomic E-state index is 0.0687. The van der Waals surface area contributed by atoms with Gasteiger partial charge < -0.3 is 10.2 Å². The van der Waals surface area contributed by atoms with Gasteiger partial charge in [0.1, 0.15) is 5.82 Å². The number of nitrogens with zero attached hydrogens (tertiary/aromatic N) is 1. The Bertz CT molecular complexity index is 508. The molecule has 2 aliphatic rings. The molecule has 2 heterocycles. The van der Waals surface area contributed by atoms with Gasteiger partial charge in [0.25, 0.3) is 5.91 Å². The van der Waals surface area contributed by atoms with E-state index >= 15 is 0 Å². The molecule has 2 unspecified atom stereocenters. The zero-order valence-electron chi connectivity index (χ0n) is 10.5. The number of hydrogen-bond donors (Lipinski definition) is 1. The van der Waals surface area contributed by atoms with Crippen LogP contribution in [0.3, 0.4) is 0 Å². The fourth-order valence-corrected chi connectivity index (χ4v) is 3.19. The third-order valence-corrected chi connectivity index (χ3v) is 4.62. The van der Waals surface area contributed by atoms with Crippen LogP contribution in [0.4, 0.5) is 4.39 Å². The molecule has 2 fully saturated rings. The average molecular weight is 327 g/mol. The first-order chi connectivity index (χ1) is 9.13. The van der Waals surface area contributed by atoms with Crippen LogP contribution in [-0.4, -0.2) is 36.0 Å². The van der Waals surface area contributed by atoms with Crippen LogP contribution in [0.5, 0.6) is 0 Å². The Morgan fingerprint density at radius 1 is 1.32 bits per heavy atom. The number of rotatable bonds is 1. The lowest BCUT2D eigenvalue weighted by Gasteiger charge is -2.24. The molecule has 5 heteroatoms. The first-order valence-electron chi connectivity index (χ1n) is 6.64. The van der Waals surface area contributed by atoms with Gasteiger partial charge in [-0.15, -0.1) is 0 Å². The minimum Gasteiger partial charge on any atom is -0.337 e. The molecule has 2 aliphatic heterocycles. The van der Waals surface area contributed by atoms with Crippen molar-refractivity contribution in [3.05, 3.63) is 34.1 Å². The Morgan fingerprint density at radius 3 is 2.89 bits per heavy atom. The molecule has 3 nitrogen and oxygen atoms in total. The third kappa shape index (κ3) is 2.67. The fraction of sp³-hybridized carbons (Fsp3) is 0.500. The van der Waals surface area contributed by atoms with Gasteiger partial charge in [0.15, 0.2) is 0 Å². The lowest BCUT2D eigenvalue weighted by Crippen LogP contribution is -2.39. The standard InChI is InChI=1S/C14H16BrFN2O/c15-12-4-1-9(7-13(12)16)14(19)18-6-5-10-2-3-11(8-18)17-10/h1,4,7,10-11,17H,2-3,5-6,8H2. The van der Waals surface area contributed by atoms with Gasteiger partial charge in [0.05, 0.1) is 4.47 Å². The van der Waals surface area contributed by atoms with Crippen LogP contribution in [0, 0.1) is 5.82 Å². The van der Waals surface area contributed by atoms with Gasteiger partial charge in [0, 0.05) is 30.7 Å². The highest BCUT2D eigenvalue weighted by Crippen LogP contribution is 2.23. The Labute approximate surface area is 120 Å². The van der Waals surface area contributed by atoms with E-state index in [0.717, 1.165) is 25.9 Å². The molecule has 19 heavy (non-hydrogen) atoms. The molecule has 2 atom stereocenters. The SMILES string of the molecule is O=C(c1ccc(Br)c(F)c1)N1CCC2CCC(C1)N2. The van der Waals surface area contributed by atoms with Gasteiger partial charge in [-0.25, -0.2) is 4.39 Å². The lowest BCUT2D eigenvalue weighted by atomic mass is 10.1. The zero-order valence-corrected chi connectivity index (χ0v) is 12.1. The van der Waals surface area contributed by atoms with E-state index in [2.05, 4.69) is 21.2 Å². The molecule has 1 N–H and O–H groups in total. The molecule has 0 radical (unpaired) electrons. The number of fused-ring (bicyclic) bond motifs is 2. The molecule has 0 saturated carbocycles. The van der Waals surface area contributed by atoms with Gasteiger partial charge >= 0.3 is 0 Å². The van der Waals surface area contributed by atoms with Crippen LogP contribution in [0.25, 0.3) is 0 Å². The van der Waals surface area contributed by atoms with Gasteiger partial charge in [0.2, 0.25) is 0 Å². The third-order valence-electron chi connectivity index (χ3n) is 3.98. The summed E-state index contributed by atoms with van der Waals surface area (Å²) in [5.74, 6) is -0.457. The van der Waals surface area contributed by atoms with Crippen molar-refractivity contribution in [2.45, 2.75) is 31.3 Å². The fourth-order valence-electron chi connectivity index (χ4n) is 2.94. The maximum absolute atomic E-state index is 13.5.